The molecule has 0 bridgehead atoms. The second-order valence-electron chi connectivity index (χ2n) is 5.19. The molecule has 1 amide bonds. The fourth-order valence-corrected chi connectivity index (χ4v) is 3.68. The molecule has 0 saturated carbocycles. The van der Waals surface area contributed by atoms with E-state index in [0.717, 1.165) is 11.4 Å². The molecular formula is C13H17ClN2O3S. The lowest BCUT2D eigenvalue weighted by Gasteiger charge is -2.18. The van der Waals surface area contributed by atoms with Crippen LogP contribution in [0.5, 0.6) is 0 Å². The predicted molar refractivity (Wildman–Crippen MR) is 80.9 cm³/mol. The zero-order chi connectivity index (χ0) is 14.9. The van der Waals surface area contributed by atoms with E-state index in [1.807, 2.05) is 43.3 Å². The first kappa shape index (κ1) is 15.1. The van der Waals surface area contributed by atoms with Crippen molar-refractivity contribution >= 4 is 37.0 Å². The number of hydrogen-bond donors (Lipinski definition) is 0. The molecule has 20 heavy (non-hydrogen) atoms. The summed E-state index contributed by atoms with van der Waals surface area (Å²) in [6, 6.07) is 7.58. The summed E-state index contributed by atoms with van der Waals surface area (Å²) in [5.41, 5.74) is 1.83. The van der Waals surface area contributed by atoms with Crippen molar-refractivity contribution in [1.82, 2.24) is 0 Å². The molecule has 0 aliphatic carbocycles. The van der Waals surface area contributed by atoms with Crippen LogP contribution in [0.1, 0.15) is 6.42 Å². The molecule has 1 unspecified atom stereocenters. The van der Waals surface area contributed by atoms with Crippen LogP contribution in [0.15, 0.2) is 24.3 Å². The summed E-state index contributed by atoms with van der Waals surface area (Å²) in [5, 5.41) is 0. The van der Waals surface area contributed by atoms with Crippen molar-refractivity contribution in [1.29, 1.82) is 0 Å². The Kier molecular flexibility index (Phi) is 4.25. The van der Waals surface area contributed by atoms with Crippen molar-refractivity contribution in [3.05, 3.63) is 24.3 Å². The maximum absolute atomic E-state index is 12.0. The Morgan fingerprint density at radius 1 is 1.30 bits per heavy atom. The average Bonchev–Trinajstić information content (AvgIpc) is 2.67. The SMILES string of the molecule is CN(C)c1ccc(N2CC(CS(=O)(=O)Cl)CC2=O)cc1. The minimum atomic E-state index is -3.57. The zero-order valence-electron chi connectivity index (χ0n) is 11.4. The van der Waals surface area contributed by atoms with Gasteiger partial charge >= 0.3 is 0 Å². The van der Waals surface area contributed by atoms with Gasteiger partial charge in [0.05, 0.1) is 5.75 Å². The van der Waals surface area contributed by atoms with E-state index in [1.54, 1.807) is 4.90 Å². The highest BCUT2D eigenvalue weighted by Gasteiger charge is 2.33. The van der Waals surface area contributed by atoms with Gasteiger partial charge < -0.3 is 9.80 Å². The molecule has 1 aromatic rings. The van der Waals surface area contributed by atoms with Crippen LogP contribution in [0, 0.1) is 5.92 Å². The van der Waals surface area contributed by atoms with E-state index in [2.05, 4.69) is 0 Å². The molecule has 0 radical (unpaired) electrons. The van der Waals surface area contributed by atoms with Crippen molar-refractivity contribution in [3.63, 3.8) is 0 Å². The number of halogens is 1. The highest BCUT2D eigenvalue weighted by molar-refractivity contribution is 8.13. The van der Waals surface area contributed by atoms with Crippen LogP contribution in [0.3, 0.4) is 0 Å². The first-order chi connectivity index (χ1) is 9.26. The standard InChI is InChI=1S/C13H17ClN2O3S/c1-15(2)11-3-5-12(6-4-11)16-8-10(7-13(16)17)9-20(14,18)19/h3-6,10H,7-9H2,1-2H3. The van der Waals surface area contributed by atoms with Crippen LogP contribution < -0.4 is 9.80 Å². The summed E-state index contributed by atoms with van der Waals surface area (Å²) >= 11 is 0. The van der Waals surface area contributed by atoms with E-state index in [1.165, 1.54) is 0 Å². The van der Waals surface area contributed by atoms with Crippen molar-refractivity contribution < 1.29 is 13.2 Å². The molecular weight excluding hydrogens is 300 g/mol. The van der Waals surface area contributed by atoms with Crippen LogP contribution >= 0.6 is 10.7 Å². The van der Waals surface area contributed by atoms with Crippen LogP contribution in [0.2, 0.25) is 0 Å². The minimum absolute atomic E-state index is 0.0621. The average molecular weight is 317 g/mol. The number of rotatable bonds is 4. The van der Waals surface area contributed by atoms with Gasteiger partial charge in [0.15, 0.2) is 0 Å². The third-order valence-electron chi connectivity index (χ3n) is 3.32. The van der Waals surface area contributed by atoms with Gasteiger partial charge in [-0.1, -0.05) is 0 Å². The van der Waals surface area contributed by atoms with Gasteiger partial charge in [-0.05, 0) is 24.3 Å². The lowest BCUT2D eigenvalue weighted by atomic mass is 10.1. The van der Waals surface area contributed by atoms with Crippen LogP contribution in [-0.4, -0.2) is 40.7 Å². The van der Waals surface area contributed by atoms with Gasteiger partial charge in [0.1, 0.15) is 0 Å². The van der Waals surface area contributed by atoms with Gasteiger partial charge in [0, 0.05) is 55.0 Å². The van der Waals surface area contributed by atoms with Crippen LogP contribution in [0.25, 0.3) is 0 Å². The topological polar surface area (TPSA) is 57.7 Å². The molecule has 7 heteroatoms. The van der Waals surface area contributed by atoms with E-state index in [0.29, 0.717) is 6.54 Å². The molecule has 0 aromatic heterocycles. The third kappa shape index (κ3) is 3.64. The minimum Gasteiger partial charge on any atom is -0.378 e. The third-order valence-corrected chi connectivity index (χ3v) is 4.57. The van der Waals surface area contributed by atoms with Crippen LogP contribution in [-0.2, 0) is 13.8 Å². The van der Waals surface area contributed by atoms with E-state index in [-0.39, 0.29) is 24.0 Å². The van der Waals surface area contributed by atoms with Gasteiger partial charge in [-0.2, -0.15) is 0 Å². The smallest absolute Gasteiger partial charge is 0.232 e. The molecule has 1 aliphatic rings. The Hall–Kier alpha value is -1.27. The monoisotopic (exact) mass is 316 g/mol. The summed E-state index contributed by atoms with van der Waals surface area (Å²) in [7, 11) is 5.56. The molecule has 1 saturated heterocycles. The molecule has 1 fully saturated rings. The van der Waals surface area contributed by atoms with Gasteiger partial charge in [0.2, 0.25) is 15.0 Å². The predicted octanol–water partition coefficient (Wildman–Crippen LogP) is 1.67. The number of benzene rings is 1. The first-order valence-electron chi connectivity index (χ1n) is 6.26. The van der Waals surface area contributed by atoms with Gasteiger partial charge in [-0.15, -0.1) is 0 Å². The lowest BCUT2D eigenvalue weighted by Crippen LogP contribution is -2.25. The Labute approximate surface area is 123 Å². The quantitative estimate of drug-likeness (QED) is 0.793. The Morgan fingerprint density at radius 2 is 1.90 bits per heavy atom. The number of carbonyl (C=O) groups excluding carboxylic acids is 1. The van der Waals surface area contributed by atoms with Gasteiger partial charge in [0.25, 0.3) is 0 Å². The van der Waals surface area contributed by atoms with E-state index < -0.39 is 9.05 Å². The maximum Gasteiger partial charge on any atom is 0.232 e. The normalized spacial score (nSPS) is 19.4. The van der Waals surface area contributed by atoms with Crippen molar-refractivity contribution in [2.45, 2.75) is 6.42 Å². The Morgan fingerprint density at radius 3 is 2.40 bits per heavy atom. The first-order valence-corrected chi connectivity index (χ1v) is 8.74. The highest BCUT2D eigenvalue weighted by atomic mass is 35.7. The maximum atomic E-state index is 12.0. The number of amides is 1. The molecule has 0 N–H and O–H groups in total. The number of hydrogen-bond acceptors (Lipinski definition) is 4. The molecule has 1 aromatic carbocycles. The molecule has 1 atom stereocenters. The molecule has 0 spiro atoms. The van der Waals surface area contributed by atoms with E-state index in [4.69, 9.17) is 10.7 Å². The van der Waals surface area contributed by atoms with Crippen molar-refractivity contribution in [2.24, 2.45) is 5.92 Å². The zero-order valence-corrected chi connectivity index (χ0v) is 13.0. The molecule has 2 rings (SSSR count). The summed E-state index contributed by atoms with van der Waals surface area (Å²) in [6.07, 6.45) is 0.224. The van der Waals surface area contributed by atoms with Crippen molar-refractivity contribution in [2.75, 3.05) is 36.2 Å². The number of anilines is 2. The van der Waals surface area contributed by atoms with E-state index >= 15 is 0 Å². The fraction of sp³-hybridized carbons (Fsp3) is 0.462. The molecule has 1 aliphatic heterocycles. The van der Waals surface area contributed by atoms with Crippen molar-refractivity contribution in [3.8, 4) is 0 Å². The van der Waals surface area contributed by atoms with E-state index in [9.17, 15) is 13.2 Å². The lowest BCUT2D eigenvalue weighted by molar-refractivity contribution is -0.117. The molecule has 5 nitrogen and oxygen atoms in total. The largest absolute Gasteiger partial charge is 0.378 e. The number of nitrogens with zero attached hydrogens (tertiary/aromatic N) is 2. The summed E-state index contributed by atoms with van der Waals surface area (Å²) in [4.78, 5) is 15.6. The summed E-state index contributed by atoms with van der Waals surface area (Å²) in [5.74, 6) is -0.460. The highest BCUT2D eigenvalue weighted by Crippen LogP contribution is 2.27. The second kappa shape index (κ2) is 5.61. The Bertz CT molecular complexity index is 599. The Balaban J connectivity index is 2.11. The van der Waals surface area contributed by atoms with Crippen LogP contribution in [0.4, 0.5) is 11.4 Å². The summed E-state index contributed by atoms with van der Waals surface area (Å²) in [6.45, 7) is 0.395. The molecule has 1 heterocycles. The van der Waals surface area contributed by atoms with Gasteiger partial charge in [-0.3, -0.25) is 4.79 Å². The fourth-order valence-electron chi connectivity index (χ4n) is 2.35. The molecule has 110 valence electrons. The second-order valence-corrected chi connectivity index (χ2v) is 8.01. The number of carbonyl (C=O) groups is 1. The van der Waals surface area contributed by atoms with Gasteiger partial charge in [-0.25, -0.2) is 8.42 Å². The summed E-state index contributed by atoms with van der Waals surface area (Å²) < 4.78 is 22.2.